The summed E-state index contributed by atoms with van der Waals surface area (Å²) in [6, 6.07) is 0. The Bertz CT molecular complexity index is 544. The van der Waals surface area contributed by atoms with Crippen LogP contribution in [0.25, 0.3) is 0 Å². The van der Waals surface area contributed by atoms with Gasteiger partial charge in [0.05, 0.1) is 12.2 Å². The zero-order valence-corrected chi connectivity index (χ0v) is 14.3. The summed E-state index contributed by atoms with van der Waals surface area (Å²) < 4.78 is 7.33. The van der Waals surface area contributed by atoms with E-state index < -0.39 is 0 Å². The summed E-state index contributed by atoms with van der Waals surface area (Å²) in [6.07, 6.45) is 0.828. The highest BCUT2D eigenvalue weighted by Gasteiger charge is 2.21. The van der Waals surface area contributed by atoms with Crippen molar-refractivity contribution >= 4 is 17.2 Å². The monoisotopic (exact) mass is 327 g/mol. The van der Waals surface area contributed by atoms with Gasteiger partial charge in [-0.3, -0.25) is 14.5 Å². The maximum atomic E-state index is 11.9. The second-order valence-corrected chi connectivity index (χ2v) is 6.73. The molecule has 0 saturated carbocycles. The second-order valence-electron chi connectivity index (χ2n) is 5.91. The summed E-state index contributed by atoms with van der Waals surface area (Å²) in [5, 5.41) is 4.75. The van der Waals surface area contributed by atoms with Crippen LogP contribution in [0.3, 0.4) is 0 Å². The van der Waals surface area contributed by atoms with Crippen LogP contribution in [-0.2, 0) is 16.1 Å². The molecular formula is C15H25N3O3S. The predicted octanol–water partition coefficient (Wildman–Crippen LogP) is 0.834. The van der Waals surface area contributed by atoms with Crippen LogP contribution in [0.5, 0.6) is 0 Å². The Hall–Kier alpha value is -1.18. The fourth-order valence-electron chi connectivity index (χ4n) is 2.80. The predicted molar refractivity (Wildman–Crippen MR) is 87.4 cm³/mol. The van der Waals surface area contributed by atoms with Gasteiger partial charge in [0.1, 0.15) is 0 Å². The molecule has 22 heavy (non-hydrogen) atoms. The lowest BCUT2D eigenvalue weighted by Crippen LogP contribution is -2.47. The Labute approximate surface area is 135 Å². The quantitative estimate of drug-likeness (QED) is 0.841. The van der Waals surface area contributed by atoms with Gasteiger partial charge >= 0.3 is 4.87 Å². The minimum Gasteiger partial charge on any atom is -0.373 e. The highest BCUT2D eigenvalue weighted by Crippen LogP contribution is 2.09. The number of carbonyl (C=O) groups excluding carboxylic acids is 1. The van der Waals surface area contributed by atoms with Gasteiger partial charge in [-0.25, -0.2) is 0 Å². The van der Waals surface area contributed by atoms with Crippen LogP contribution in [0, 0.1) is 6.92 Å². The Kier molecular flexibility index (Phi) is 6.16. The molecule has 0 aliphatic carbocycles. The zero-order valence-electron chi connectivity index (χ0n) is 13.5. The van der Waals surface area contributed by atoms with Gasteiger partial charge in [-0.15, -0.1) is 0 Å². The van der Waals surface area contributed by atoms with Crippen molar-refractivity contribution in [3.63, 3.8) is 0 Å². The molecule has 0 spiro atoms. The molecule has 0 radical (unpaired) electrons. The van der Waals surface area contributed by atoms with Crippen LogP contribution in [0.2, 0.25) is 0 Å². The van der Waals surface area contributed by atoms with Crippen LogP contribution < -0.4 is 10.2 Å². The second kappa shape index (κ2) is 7.89. The lowest BCUT2D eigenvalue weighted by molar-refractivity contribution is -0.121. The number of rotatable bonds is 6. The fourth-order valence-corrected chi connectivity index (χ4v) is 3.56. The molecule has 6 nitrogen and oxygen atoms in total. The number of morpholine rings is 1. The number of aryl methyl sites for hydroxylation is 1. The zero-order chi connectivity index (χ0) is 16.1. The van der Waals surface area contributed by atoms with Crippen molar-refractivity contribution in [3.05, 3.63) is 20.7 Å². The van der Waals surface area contributed by atoms with Crippen molar-refractivity contribution in [2.24, 2.45) is 0 Å². The highest BCUT2D eigenvalue weighted by molar-refractivity contribution is 7.07. The summed E-state index contributed by atoms with van der Waals surface area (Å²) in [5.41, 5.74) is 0.916. The van der Waals surface area contributed by atoms with Gasteiger partial charge in [-0.2, -0.15) is 0 Å². The molecule has 124 valence electrons. The number of thiazole rings is 1. The Balaban J connectivity index is 1.67. The fraction of sp³-hybridized carbons (Fsp3) is 0.733. The van der Waals surface area contributed by atoms with E-state index in [4.69, 9.17) is 4.74 Å². The van der Waals surface area contributed by atoms with Gasteiger partial charge in [-0.05, 0) is 20.8 Å². The van der Waals surface area contributed by atoms with Crippen LogP contribution in [0.1, 0.15) is 26.0 Å². The third-order valence-corrected chi connectivity index (χ3v) is 4.67. The van der Waals surface area contributed by atoms with Crippen LogP contribution in [0.15, 0.2) is 10.2 Å². The Morgan fingerprint density at radius 3 is 2.64 bits per heavy atom. The molecule has 2 atom stereocenters. The van der Waals surface area contributed by atoms with Crippen molar-refractivity contribution in [2.45, 2.75) is 45.9 Å². The molecule has 0 aromatic carbocycles. The smallest absolute Gasteiger partial charge is 0.307 e. The van der Waals surface area contributed by atoms with E-state index in [1.807, 2.05) is 12.3 Å². The molecule has 1 aromatic heterocycles. The van der Waals surface area contributed by atoms with Gasteiger partial charge in [0.25, 0.3) is 0 Å². The standard InChI is InChI=1S/C15H25N3O3S/c1-11-10-22-15(20)18(11)6-4-14(19)16-5-7-17-8-12(2)21-13(3)9-17/h10,12-13H,4-9H2,1-3H3,(H,16,19)/t12-,13+. The van der Waals surface area contributed by atoms with E-state index in [2.05, 4.69) is 24.1 Å². The van der Waals surface area contributed by atoms with Gasteiger partial charge in [-0.1, -0.05) is 11.3 Å². The van der Waals surface area contributed by atoms with Crippen molar-refractivity contribution in [2.75, 3.05) is 26.2 Å². The molecule has 1 saturated heterocycles. The van der Waals surface area contributed by atoms with Crippen LogP contribution in [-0.4, -0.2) is 53.8 Å². The number of nitrogens with one attached hydrogen (secondary N) is 1. The largest absolute Gasteiger partial charge is 0.373 e. The third kappa shape index (κ3) is 4.93. The normalized spacial score (nSPS) is 22.7. The molecule has 2 rings (SSSR count). The number of hydrogen-bond acceptors (Lipinski definition) is 5. The van der Waals surface area contributed by atoms with E-state index in [1.165, 1.54) is 11.3 Å². The molecule has 1 aliphatic rings. The molecule has 7 heteroatoms. The maximum absolute atomic E-state index is 11.9. The highest BCUT2D eigenvalue weighted by atomic mass is 32.1. The Morgan fingerprint density at radius 2 is 2.05 bits per heavy atom. The van der Waals surface area contributed by atoms with E-state index in [0.717, 1.165) is 25.3 Å². The molecule has 0 unspecified atom stereocenters. The first-order valence-corrected chi connectivity index (χ1v) is 8.63. The molecule has 1 aromatic rings. The maximum Gasteiger partial charge on any atom is 0.307 e. The summed E-state index contributed by atoms with van der Waals surface area (Å²) in [6.45, 7) is 9.76. The number of aromatic nitrogens is 1. The number of ether oxygens (including phenoxy) is 1. The van der Waals surface area contributed by atoms with E-state index in [-0.39, 0.29) is 23.0 Å². The van der Waals surface area contributed by atoms with E-state index >= 15 is 0 Å². The molecular weight excluding hydrogens is 302 g/mol. The van der Waals surface area contributed by atoms with E-state index in [0.29, 0.717) is 19.5 Å². The first kappa shape index (κ1) is 17.2. The van der Waals surface area contributed by atoms with E-state index in [9.17, 15) is 9.59 Å². The van der Waals surface area contributed by atoms with Crippen LogP contribution >= 0.6 is 11.3 Å². The summed E-state index contributed by atoms with van der Waals surface area (Å²) in [4.78, 5) is 25.7. The lowest BCUT2D eigenvalue weighted by atomic mass is 10.2. The molecule has 1 fully saturated rings. The van der Waals surface area contributed by atoms with Gasteiger partial charge in [0.15, 0.2) is 0 Å². The number of carbonyl (C=O) groups is 1. The first-order chi connectivity index (χ1) is 10.5. The van der Waals surface area contributed by atoms with Crippen molar-refractivity contribution in [1.29, 1.82) is 0 Å². The number of amides is 1. The minimum atomic E-state index is -0.00754. The average molecular weight is 327 g/mol. The number of hydrogen-bond donors (Lipinski definition) is 1. The van der Waals surface area contributed by atoms with Crippen molar-refractivity contribution < 1.29 is 9.53 Å². The molecule has 1 amide bonds. The average Bonchev–Trinajstić information content (AvgIpc) is 2.75. The third-order valence-electron chi connectivity index (χ3n) is 3.78. The van der Waals surface area contributed by atoms with Crippen molar-refractivity contribution in [3.8, 4) is 0 Å². The molecule has 0 bridgehead atoms. The number of nitrogens with zero attached hydrogens (tertiary/aromatic N) is 2. The van der Waals surface area contributed by atoms with Crippen LogP contribution in [0.4, 0.5) is 0 Å². The Morgan fingerprint density at radius 1 is 1.36 bits per heavy atom. The van der Waals surface area contributed by atoms with Gasteiger partial charge in [0, 0.05) is 50.2 Å². The summed E-state index contributed by atoms with van der Waals surface area (Å²) >= 11 is 1.18. The van der Waals surface area contributed by atoms with Gasteiger partial charge in [0.2, 0.25) is 5.91 Å². The summed E-state index contributed by atoms with van der Waals surface area (Å²) in [5.74, 6) is -0.00754. The topological polar surface area (TPSA) is 63.6 Å². The van der Waals surface area contributed by atoms with E-state index in [1.54, 1.807) is 4.57 Å². The SMILES string of the molecule is Cc1csc(=O)n1CCC(=O)NCCN1C[C@@H](C)O[C@@H](C)C1. The summed E-state index contributed by atoms with van der Waals surface area (Å²) in [7, 11) is 0. The molecule has 2 heterocycles. The lowest BCUT2D eigenvalue weighted by Gasteiger charge is -2.35. The van der Waals surface area contributed by atoms with Gasteiger partial charge < -0.3 is 14.6 Å². The minimum absolute atomic E-state index is 0.00147. The van der Waals surface area contributed by atoms with Crippen molar-refractivity contribution in [1.82, 2.24) is 14.8 Å². The molecule has 1 N–H and O–H groups in total. The molecule has 1 aliphatic heterocycles. The first-order valence-electron chi connectivity index (χ1n) is 7.75.